The van der Waals surface area contributed by atoms with Crippen LogP contribution in [0.2, 0.25) is 0 Å². The van der Waals surface area contributed by atoms with Crippen molar-refractivity contribution in [2.45, 2.75) is 30.6 Å². The highest BCUT2D eigenvalue weighted by Gasteiger charge is 2.55. The average Bonchev–Trinajstić information content (AvgIpc) is 3.40. The fourth-order valence-corrected chi connectivity index (χ4v) is 6.39. The van der Waals surface area contributed by atoms with Crippen molar-refractivity contribution in [3.05, 3.63) is 92.7 Å². The molecule has 0 saturated carbocycles. The summed E-state index contributed by atoms with van der Waals surface area (Å²) in [6, 6.07) is 18.1. The molecule has 1 fully saturated rings. The van der Waals surface area contributed by atoms with Gasteiger partial charge in [0, 0.05) is 29.7 Å². The third-order valence-electron chi connectivity index (χ3n) is 6.50. The minimum atomic E-state index is -1.25. The largest absolute Gasteiger partial charge is 0.458 e. The summed E-state index contributed by atoms with van der Waals surface area (Å²) in [6.07, 6.45) is -1.09. The lowest BCUT2D eigenvalue weighted by atomic mass is 10.1. The summed E-state index contributed by atoms with van der Waals surface area (Å²) in [5, 5.41) is 15.1. The maximum absolute atomic E-state index is 13.3. The number of thioether (sulfide) groups is 1. The molecule has 0 spiro atoms. The van der Waals surface area contributed by atoms with Gasteiger partial charge in [-0.25, -0.2) is 9.79 Å². The number of nitro groups is 1. The number of nitrogens with zero attached hydrogens (tertiary/aromatic N) is 4. The molecule has 3 atom stereocenters. The van der Waals surface area contributed by atoms with E-state index in [0.29, 0.717) is 17.2 Å². The molecule has 3 aromatic rings. The number of para-hydroxylation sites is 1. The molecule has 40 heavy (non-hydrogen) atoms. The highest BCUT2D eigenvalue weighted by molar-refractivity contribution is 8.00. The third kappa shape index (κ3) is 5.84. The molecular formula is C27H25N5O6S2. The van der Waals surface area contributed by atoms with Crippen molar-refractivity contribution >= 4 is 58.1 Å². The smallest absolute Gasteiger partial charge is 0.352 e. The number of rotatable bonds is 8. The Kier molecular flexibility index (Phi) is 8.12. The van der Waals surface area contributed by atoms with E-state index in [2.05, 4.69) is 10.3 Å². The summed E-state index contributed by atoms with van der Waals surface area (Å²) in [6.45, 7) is -0.145. The second-order valence-electron chi connectivity index (χ2n) is 9.09. The van der Waals surface area contributed by atoms with Gasteiger partial charge in [0.2, 0.25) is 12.1 Å². The van der Waals surface area contributed by atoms with Crippen LogP contribution >= 0.6 is 23.1 Å². The van der Waals surface area contributed by atoms with Gasteiger partial charge in [-0.2, -0.15) is 0 Å². The molecule has 1 aromatic heterocycles. The number of nitro benzene ring substituents is 1. The summed E-state index contributed by atoms with van der Waals surface area (Å²) >= 11 is 2.88. The number of nitrogens with one attached hydrogen (secondary N) is 1. The van der Waals surface area contributed by atoms with Crippen LogP contribution in [0, 0.1) is 10.1 Å². The molecule has 0 unspecified atom stereocenters. The number of amides is 2. The van der Waals surface area contributed by atoms with Gasteiger partial charge in [0.05, 0.1) is 17.1 Å². The molecular weight excluding hydrogens is 554 g/mol. The Balaban J connectivity index is 1.34. The maximum atomic E-state index is 13.3. The molecule has 5 rings (SSSR count). The lowest BCUT2D eigenvalue weighted by Gasteiger charge is -2.47. The lowest BCUT2D eigenvalue weighted by Crippen LogP contribution is -2.72. The second kappa shape index (κ2) is 11.9. The van der Waals surface area contributed by atoms with E-state index in [9.17, 15) is 24.5 Å². The van der Waals surface area contributed by atoms with E-state index in [1.165, 1.54) is 52.3 Å². The molecule has 0 bridgehead atoms. The number of fused-ring (bicyclic) bond motifs is 1. The topological polar surface area (TPSA) is 134 Å². The van der Waals surface area contributed by atoms with Crippen molar-refractivity contribution in [2.75, 3.05) is 17.7 Å². The fourth-order valence-electron chi connectivity index (χ4n) is 4.35. The Morgan fingerprint density at radius 1 is 1.15 bits per heavy atom. The van der Waals surface area contributed by atoms with Gasteiger partial charge in [-0.1, -0.05) is 24.3 Å². The second-order valence-corrected chi connectivity index (χ2v) is 11.2. The molecule has 0 radical (unpaired) electrons. The van der Waals surface area contributed by atoms with Crippen molar-refractivity contribution in [2.24, 2.45) is 4.99 Å². The van der Waals surface area contributed by atoms with Crippen molar-refractivity contribution in [3.63, 3.8) is 0 Å². The highest BCUT2D eigenvalue weighted by atomic mass is 32.2. The van der Waals surface area contributed by atoms with Gasteiger partial charge < -0.3 is 15.0 Å². The number of anilines is 1. The Hall–Kier alpha value is -4.23. The number of β-lactam (4-membered cyclic amide) rings is 1. The molecule has 13 heteroatoms. The first-order valence-corrected chi connectivity index (χ1v) is 14.3. The fraction of sp³-hybridized carbons (Fsp3) is 0.259. The maximum Gasteiger partial charge on any atom is 0.352 e. The molecule has 2 aliphatic rings. The third-order valence-corrected chi connectivity index (χ3v) is 8.64. The number of hydrogen-bond acceptors (Lipinski definition) is 10. The van der Waals surface area contributed by atoms with E-state index in [4.69, 9.17) is 4.74 Å². The van der Waals surface area contributed by atoms with E-state index < -0.39 is 34.4 Å². The van der Waals surface area contributed by atoms with E-state index >= 15 is 0 Å². The van der Waals surface area contributed by atoms with Crippen LogP contribution in [0.25, 0.3) is 0 Å². The van der Waals surface area contributed by atoms with Crippen molar-refractivity contribution in [1.29, 1.82) is 0 Å². The zero-order valence-electron chi connectivity index (χ0n) is 21.3. The van der Waals surface area contributed by atoms with Gasteiger partial charge in [-0.3, -0.25) is 24.6 Å². The van der Waals surface area contributed by atoms with Gasteiger partial charge in [0.25, 0.3) is 11.6 Å². The van der Waals surface area contributed by atoms with Gasteiger partial charge >= 0.3 is 5.97 Å². The standard InChI is InChI=1S/C27H25N5O6S2/c1-30(18-6-3-2-4-7-18)21-16-40-26-23(29-22(33)14-20-8-5-13-39-20)25(34)31(26)24(28-21)27(35)38-15-17-9-11-19(12-10-17)32(36)37/h2-13,23-24,26H,14-16H2,1H3,(H,29,33)/t23-,24+,26-/m1/s1. The van der Waals surface area contributed by atoms with Gasteiger partial charge in [-0.15, -0.1) is 23.1 Å². The Morgan fingerprint density at radius 3 is 2.58 bits per heavy atom. The van der Waals surface area contributed by atoms with Gasteiger partial charge in [-0.05, 0) is 41.3 Å². The number of benzene rings is 2. The number of esters is 1. The monoisotopic (exact) mass is 579 g/mol. The quantitative estimate of drug-likeness (QED) is 0.186. The van der Waals surface area contributed by atoms with E-state index in [1.807, 2.05) is 59.8 Å². The molecule has 2 aromatic carbocycles. The van der Waals surface area contributed by atoms with Crippen molar-refractivity contribution in [3.8, 4) is 0 Å². The number of non-ortho nitro benzene ring substituents is 1. The normalized spacial score (nSPS) is 19.9. The van der Waals surface area contributed by atoms with Gasteiger partial charge in [0.15, 0.2) is 0 Å². The number of carbonyl (C=O) groups excluding carboxylic acids is 3. The van der Waals surface area contributed by atoms with Crippen LogP contribution in [0.4, 0.5) is 11.4 Å². The van der Waals surface area contributed by atoms with Crippen LogP contribution in [-0.4, -0.2) is 63.8 Å². The van der Waals surface area contributed by atoms with Crippen LogP contribution in [0.1, 0.15) is 10.4 Å². The van der Waals surface area contributed by atoms with Crippen LogP contribution in [0.15, 0.2) is 77.1 Å². The predicted octanol–water partition coefficient (Wildman–Crippen LogP) is 3.20. The number of aliphatic imine (C=N–C) groups is 1. The highest BCUT2D eigenvalue weighted by Crippen LogP contribution is 2.36. The SMILES string of the molecule is CN(C1=N[C@H](C(=O)OCc2ccc([N+](=O)[O-])cc2)N2C(=O)[C@@H](NC(=O)Cc3cccs3)[C@H]2SC1)c1ccccc1. The number of thiophene rings is 1. The number of carbonyl (C=O) groups is 3. The summed E-state index contributed by atoms with van der Waals surface area (Å²) in [5.41, 5.74) is 1.34. The van der Waals surface area contributed by atoms with Gasteiger partial charge in [0.1, 0.15) is 23.9 Å². The molecule has 1 saturated heterocycles. The van der Waals surface area contributed by atoms with Crippen LogP contribution < -0.4 is 10.2 Å². The number of amidine groups is 1. The summed E-state index contributed by atoms with van der Waals surface area (Å²) in [4.78, 5) is 58.4. The molecule has 11 nitrogen and oxygen atoms in total. The predicted molar refractivity (Wildman–Crippen MR) is 152 cm³/mol. The first-order chi connectivity index (χ1) is 19.3. The van der Waals surface area contributed by atoms with Crippen LogP contribution in [0.5, 0.6) is 0 Å². The first kappa shape index (κ1) is 27.3. The first-order valence-electron chi connectivity index (χ1n) is 12.3. The van der Waals surface area contributed by atoms with E-state index in [-0.39, 0.29) is 24.6 Å². The summed E-state index contributed by atoms with van der Waals surface area (Å²) in [7, 11) is 1.83. The van der Waals surface area contributed by atoms with Crippen molar-refractivity contribution < 1.29 is 24.0 Å². The molecule has 2 aliphatic heterocycles. The molecule has 206 valence electrons. The Morgan fingerprint density at radius 2 is 1.90 bits per heavy atom. The average molecular weight is 580 g/mol. The minimum Gasteiger partial charge on any atom is -0.458 e. The summed E-state index contributed by atoms with van der Waals surface area (Å²) in [5.74, 6) is -0.462. The zero-order chi connectivity index (χ0) is 28.2. The van der Waals surface area contributed by atoms with Crippen LogP contribution in [-0.2, 0) is 32.1 Å². The zero-order valence-corrected chi connectivity index (χ0v) is 23.0. The summed E-state index contributed by atoms with van der Waals surface area (Å²) < 4.78 is 5.52. The lowest BCUT2D eigenvalue weighted by molar-refractivity contribution is -0.384. The molecule has 2 amide bonds. The number of ether oxygens (including phenoxy) is 1. The molecule has 1 N–H and O–H groups in total. The van der Waals surface area contributed by atoms with Crippen molar-refractivity contribution in [1.82, 2.24) is 10.2 Å². The van der Waals surface area contributed by atoms with E-state index in [1.54, 1.807) is 0 Å². The van der Waals surface area contributed by atoms with Crippen LogP contribution in [0.3, 0.4) is 0 Å². The minimum absolute atomic E-state index is 0.0738. The van der Waals surface area contributed by atoms with E-state index in [0.717, 1.165) is 10.6 Å². The molecule has 3 heterocycles. The number of hydrogen-bond donors (Lipinski definition) is 1. The Labute approximate surface area is 238 Å². The molecule has 0 aliphatic carbocycles. The Bertz CT molecular complexity index is 1430.